The molecular weight excluding hydrogens is 236 g/mol. The summed E-state index contributed by atoms with van der Waals surface area (Å²) in [6.07, 6.45) is 1.43. The van der Waals surface area contributed by atoms with Crippen LogP contribution in [0.15, 0.2) is 17.5 Å². The molecule has 0 fully saturated rings. The summed E-state index contributed by atoms with van der Waals surface area (Å²) >= 11 is 1.60. The van der Waals surface area contributed by atoms with Crippen LogP contribution < -0.4 is 0 Å². The molecule has 90 valence electrons. The molecule has 0 unspecified atom stereocenters. The lowest BCUT2D eigenvalue weighted by Crippen LogP contribution is -2.20. The van der Waals surface area contributed by atoms with Crippen molar-refractivity contribution in [2.24, 2.45) is 0 Å². The maximum atomic E-state index is 11.4. The third-order valence-electron chi connectivity index (χ3n) is 2.23. The lowest BCUT2D eigenvalue weighted by molar-refractivity contribution is -0.142. The minimum atomic E-state index is -0.982. The third-order valence-corrected chi connectivity index (χ3v) is 4.96. The summed E-state index contributed by atoms with van der Waals surface area (Å²) < 4.78 is 5.20. The summed E-state index contributed by atoms with van der Waals surface area (Å²) in [5.74, 6) is -0.0991. The van der Waals surface area contributed by atoms with Crippen molar-refractivity contribution in [2.75, 3.05) is 6.61 Å². The molecule has 0 saturated carbocycles. The van der Waals surface area contributed by atoms with E-state index in [1.807, 2.05) is 17.5 Å². The van der Waals surface area contributed by atoms with Crippen LogP contribution in [0.3, 0.4) is 0 Å². The standard InChI is InChI=1S/C12H20O2SSi/c1-16(2,3)9-5-7-14-12(13)10-11-6-4-8-15-11/h4,6,8H,5,7,9-10H2,1-3H3. The van der Waals surface area contributed by atoms with Crippen molar-refractivity contribution in [1.82, 2.24) is 0 Å². The molecular formula is C12H20O2SSi. The van der Waals surface area contributed by atoms with Gasteiger partial charge >= 0.3 is 5.97 Å². The van der Waals surface area contributed by atoms with Crippen LogP contribution in [0.5, 0.6) is 0 Å². The topological polar surface area (TPSA) is 26.3 Å². The van der Waals surface area contributed by atoms with Gasteiger partial charge in [-0.05, 0) is 17.9 Å². The first-order valence-electron chi connectivity index (χ1n) is 5.65. The van der Waals surface area contributed by atoms with Gasteiger partial charge in [-0.1, -0.05) is 31.8 Å². The molecule has 1 rings (SSSR count). The Hall–Kier alpha value is -0.613. The zero-order chi connectivity index (χ0) is 12.0. The first-order valence-corrected chi connectivity index (χ1v) is 10.2. The zero-order valence-electron chi connectivity index (χ0n) is 10.3. The third kappa shape index (κ3) is 6.08. The molecule has 1 aromatic heterocycles. The number of carbonyl (C=O) groups is 1. The number of esters is 1. The summed E-state index contributed by atoms with van der Waals surface area (Å²) in [6.45, 7) is 7.58. The van der Waals surface area contributed by atoms with E-state index >= 15 is 0 Å². The van der Waals surface area contributed by atoms with Crippen LogP contribution in [-0.4, -0.2) is 20.7 Å². The molecule has 1 heterocycles. The molecule has 0 bridgehead atoms. The Bertz CT molecular complexity index is 314. The fourth-order valence-electron chi connectivity index (χ4n) is 1.39. The molecule has 0 aliphatic carbocycles. The van der Waals surface area contributed by atoms with Crippen LogP contribution in [0.2, 0.25) is 25.7 Å². The maximum Gasteiger partial charge on any atom is 0.311 e. The number of rotatable bonds is 6. The average molecular weight is 256 g/mol. The molecule has 1 aromatic rings. The highest BCUT2D eigenvalue weighted by Crippen LogP contribution is 2.12. The summed E-state index contributed by atoms with van der Waals surface area (Å²) in [5.41, 5.74) is 0. The van der Waals surface area contributed by atoms with Gasteiger partial charge in [0.15, 0.2) is 0 Å². The molecule has 0 radical (unpaired) electrons. The van der Waals surface area contributed by atoms with Crippen LogP contribution >= 0.6 is 11.3 Å². The molecule has 0 saturated heterocycles. The van der Waals surface area contributed by atoms with Crippen LogP contribution in [0, 0.1) is 0 Å². The Balaban J connectivity index is 2.12. The molecule has 2 nitrogen and oxygen atoms in total. The number of carbonyl (C=O) groups excluding carboxylic acids is 1. The van der Waals surface area contributed by atoms with Gasteiger partial charge in [0.25, 0.3) is 0 Å². The molecule has 0 aliphatic heterocycles. The monoisotopic (exact) mass is 256 g/mol. The van der Waals surface area contributed by atoms with E-state index in [1.54, 1.807) is 11.3 Å². The van der Waals surface area contributed by atoms with Crippen molar-refractivity contribution in [2.45, 2.75) is 38.5 Å². The van der Waals surface area contributed by atoms with Crippen molar-refractivity contribution in [3.05, 3.63) is 22.4 Å². The first kappa shape index (κ1) is 13.5. The van der Waals surface area contributed by atoms with Crippen LogP contribution in [0.4, 0.5) is 0 Å². The fourth-order valence-corrected chi connectivity index (χ4v) is 3.29. The second kappa shape index (κ2) is 6.20. The molecule has 0 aromatic carbocycles. The van der Waals surface area contributed by atoms with Crippen LogP contribution in [0.1, 0.15) is 11.3 Å². The van der Waals surface area contributed by atoms with Crippen molar-refractivity contribution >= 4 is 25.4 Å². The van der Waals surface area contributed by atoms with Gasteiger partial charge < -0.3 is 4.74 Å². The summed E-state index contributed by atoms with van der Waals surface area (Å²) in [4.78, 5) is 12.5. The lowest BCUT2D eigenvalue weighted by atomic mass is 10.3. The highest BCUT2D eigenvalue weighted by Gasteiger charge is 2.12. The highest BCUT2D eigenvalue weighted by atomic mass is 32.1. The van der Waals surface area contributed by atoms with Gasteiger partial charge in [0.1, 0.15) is 0 Å². The van der Waals surface area contributed by atoms with Gasteiger partial charge in [-0.25, -0.2) is 0 Å². The minimum Gasteiger partial charge on any atom is -0.465 e. The molecule has 0 amide bonds. The van der Waals surface area contributed by atoms with E-state index in [0.717, 1.165) is 11.3 Å². The Morgan fingerprint density at radius 1 is 1.44 bits per heavy atom. The summed E-state index contributed by atoms with van der Waals surface area (Å²) in [7, 11) is -0.982. The van der Waals surface area contributed by atoms with Gasteiger partial charge in [-0.2, -0.15) is 0 Å². The van der Waals surface area contributed by atoms with Crippen molar-refractivity contribution in [3.8, 4) is 0 Å². The largest absolute Gasteiger partial charge is 0.465 e. The lowest BCUT2D eigenvalue weighted by Gasteiger charge is -2.14. The maximum absolute atomic E-state index is 11.4. The predicted octanol–water partition coefficient (Wildman–Crippen LogP) is 3.56. The number of hydrogen-bond donors (Lipinski definition) is 0. The molecule has 0 spiro atoms. The Morgan fingerprint density at radius 2 is 2.19 bits per heavy atom. The van der Waals surface area contributed by atoms with E-state index in [2.05, 4.69) is 19.6 Å². The Labute approximate surface area is 103 Å². The molecule has 16 heavy (non-hydrogen) atoms. The van der Waals surface area contributed by atoms with E-state index in [-0.39, 0.29) is 5.97 Å². The van der Waals surface area contributed by atoms with E-state index in [4.69, 9.17) is 4.74 Å². The van der Waals surface area contributed by atoms with Gasteiger partial charge in [-0.15, -0.1) is 11.3 Å². The second-order valence-electron chi connectivity index (χ2n) is 5.14. The van der Waals surface area contributed by atoms with E-state index in [9.17, 15) is 4.79 Å². The molecule has 4 heteroatoms. The van der Waals surface area contributed by atoms with Crippen molar-refractivity contribution in [3.63, 3.8) is 0 Å². The molecule has 0 atom stereocenters. The van der Waals surface area contributed by atoms with Crippen molar-refractivity contribution in [1.29, 1.82) is 0 Å². The first-order chi connectivity index (χ1) is 7.47. The van der Waals surface area contributed by atoms with Crippen LogP contribution in [-0.2, 0) is 16.0 Å². The van der Waals surface area contributed by atoms with E-state index < -0.39 is 8.07 Å². The molecule has 0 aliphatic rings. The number of ether oxygens (including phenoxy) is 1. The smallest absolute Gasteiger partial charge is 0.311 e. The van der Waals surface area contributed by atoms with E-state index in [0.29, 0.717) is 13.0 Å². The van der Waals surface area contributed by atoms with Gasteiger partial charge in [-0.3, -0.25) is 4.79 Å². The van der Waals surface area contributed by atoms with Gasteiger partial charge in [0.05, 0.1) is 13.0 Å². The number of hydrogen-bond acceptors (Lipinski definition) is 3. The number of thiophene rings is 1. The quantitative estimate of drug-likeness (QED) is 0.442. The van der Waals surface area contributed by atoms with Gasteiger partial charge in [0.2, 0.25) is 0 Å². The summed E-state index contributed by atoms with van der Waals surface area (Å²) in [6, 6.07) is 5.14. The van der Waals surface area contributed by atoms with Crippen LogP contribution in [0.25, 0.3) is 0 Å². The molecule has 0 N–H and O–H groups in total. The normalized spacial score (nSPS) is 11.4. The van der Waals surface area contributed by atoms with E-state index in [1.165, 1.54) is 6.04 Å². The summed E-state index contributed by atoms with van der Waals surface area (Å²) in [5, 5.41) is 1.98. The zero-order valence-corrected chi connectivity index (χ0v) is 12.1. The minimum absolute atomic E-state index is 0.0991. The van der Waals surface area contributed by atoms with Crippen molar-refractivity contribution < 1.29 is 9.53 Å². The second-order valence-corrected chi connectivity index (χ2v) is 11.8. The Morgan fingerprint density at radius 3 is 2.75 bits per heavy atom. The fraction of sp³-hybridized carbons (Fsp3) is 0.583. The van der Waals surface area contributed by atoms with Gasteiger partial charge in [0, 0.05) is 13.0 Å². The Kier molecular flexibility index (Phi) is 5.22. The highest BCUT2D eigenvalue weighted by molar-refractivity contribution is 7.10. The SMILES string of the molecule is C[Si](C)(C)CCCOC(=O)Cc1cccs1. The predicted molar refractivity (Wildman–Crippen MR) is 71.8 cm³/mol. The average Bonchev–Trinajstić information content (AvgIpc) is 2.63.